The van der Waals surface area contributed by atoms with E-state index in [-0.39, 0.29) is 5.56 Å². The molecule has 0 saturated carbocycles. The van der Waals surface area contributed by atoms with Crippen LogP contribution < -0.4 is 0 Å². The monoisotopic (exact) mass is 206 g/mol. The highest BCUT2D eigenvalue weighted by molar-refractivity contribution is 5.62. The van der Waals surface area contributed by atoms with Crippen molar-refractivity contribution in [2.24, 2.45) is 0 Å². The lowest BCUT2D eigenvalue weighted by atomic mass is 10.1. The standard InChI is InChI=1S/C11H8F2N2/c1-7-6-9(12)15-11(13)10(7)8-4-2-3-5-14-8/h2-6H,1H3. The van der Waals surface area contributed by atoms with Gasteiger partial charge in [0, 0.05) is 6.20 Å². The predicted molar refractivity (Wildman–Crippen MR) is 52.1 cm³/mol. The van der Waals surface area contributed by atoms with Gasteiger partial charge in [0.25, 0.3) is 0 Å². The minimum absolute atomic E-state index is 0.247. The summed E-state index contributed by atoms with van der Waals surface area (Å²) in [7, 11) is 0. The maximum absolute atomic E-state index is 13.4. The molecule has 2 nitrogen and oxygen atoms in total. The summed E-state index contributed by atoms with van der Waals surface area (Å²) in [5, 5.41) is 0. The third-order valence-electron chi connectivity index (χ3n) is 2.06. The van der Waals surface area contributed by atoms with Gasteiger partial charge in [0.15, 0.2) is 0 Å². The summed E-state index contributed by atoms with van der Waals surface area (Å²) >= 11 is 0. The van der Waals surface area contributed by atoms with Gasteiger partial charge in [-0.25, -0.2) is 0 Å². The van der Waals surface area contributed by atoms with Crippen LogP contribution in [-0.4, -0.2) is 9.97 Å². The van der Waals surface area contributed by atoms with Gasteiger partial charge in [-0.3, -0.25) is 4.98 Å². The van der Waals surface area contributed by atoms with Gasteiger partial charge in [-0.15, -0.1) is 0 Å². The van der Waals surface area contributed by atoms with Gasteiger partial charge >= 0.3 is 0 Å². The largest absolute Gasteiger partial charge is 0.256 e. The molecule has 0 radical (unpaired) electrons. The molecule has 0 aromatic carbocycles. The molecule has 0 saturated heterocycles. The highest BCUT2D eigenvalue weighted by atomic mass is 19.1. The van der Waals surface area contributed by atoms with E-state index in [4.69, 9.17) is 0 Å². The Morgan fingerprint density at radius 1 is 1.20 bits per heavy atom. The van der Waals surface area contributed by atoms with Crippen LogP contribution in [0.5, 0.6) is 0 Å². The Bertz CT molecular complexity index is 460. The van der Waals surface area contributed by atoms with E-state index in [1.54, 1.807) is 31.3 Å². The van der Waals surface area contributed by atoms with Crippen molar-refractivity contribution in [3.05, 3.63) is 47.9 Å². The summed E-state index contributed by atoms with van der Waals surface area (Å²) in [6, 6.07) is 6.32. The van der Waals surface area contributed by atoms with E-state index in [0.29, 0.717) is 11.3 Å². The van der Waals surface area contributed by atoms with Crippen LogP contribution in [0, 0.1) is 18.8 Å². The highest BCUT2D eigenvalue weighted by Crippen LogP contribution is 2.23. The second-order valence-electron chi connectivity index (χ2n) is 3.14. The van der Waals surface area contributed by atoms with E-state index >= 15 is 0 Å². The molecule has 0 aliphatic heterocycles. The SMILES string of the molecule is Cc1cc(F)nc(F)c1-c1ccccn1. The Balaban J connectivity index is 2.64. The fourth-order valence-electron chi connectivity index (χ4n) is 1.41. The molecule has 2 rings (SSSR count). The van der Waals surface area contributed by atoms with E-state index < -0.39 is 11.9 Å². The molecule has 0 fully saturated rings. The molecule has 2 aromatic heterocycles. The Labute approximate surface area is 85.6 Å². The first-order valence-electron chi connectivity index (χ1n) is 4.42. The maximum Gasteiger partial charge on any atom is 0.225 e. The first-order chi connectivity index (χ1) is 7.18. The summed E-state index contributed by atoms with van der Waals surface area (Å²) in [6.07, 6.45) is 1.55. The molecule has 0 aliphatic rings. The molecule has 2 aromatic rings. The summed E-state index contributed by atoms with van der Waals surface area (Å²) < 4.78 is 26.2. The van der Waals surface area contributed by atoms with Crippen LogP contribution in [0.2, 0.25) is 0 Å². The van der Waals surface area contributed by atoms with Gasteiger partial charge in [0.05, 0.1) is 11.3 Å². The van der Waals surface area contributed by atoms with Gasteiger partial charge < -0.3 is 0 Å². The molecule has 0 spiro atoms. The van der Waals surface area contributed by atoms with Gasteiger partial charge in [-0.05, 0) is 30.7 Å². The summed E-state index contributed by atoms with van der Waals surface area (Å²) in [5.74, 6) is -1.64. The van der Waals surface area contributed by atoms with Crippen molar-refractivity contribution >= 4 is 0 Å². The van der Waals surface area contributed by atoms with Crippen molar-refractivity contribution < 1.29 is 8.78 Å². The van der Waals surface area contributed by atoms with Gasteiger partial charge in [-0.1, -0.05) is 6.07 Å². The van der Waals surface area contributed by atoms with Crippen LogP contribution >= 0.6 is 0 Å². The van der Waals surface area contributed by atoms with Crippen LogP contribution in [0.1, 0.15) is 5.56 Å². The fraction of sp³-hybridized carbons (Fsp3) is 0.0909. The predicted octanol–water partition coefficient (Wildman–Crippen LogP) is 2.73. The highest BCUT2D eigenvalue weighted by Gasteiger charge is 2.12. The number of aryl methyl sites for hydroxylation is 1. The average molecular weight is 206 g/mol. The van der Waals surface area contributed by atoms with Gasteiger partial charge in [0.1, 0.15) is 0 Å². The molecular weight excluding hydrogens is 198 g/mol. The van der Waals surface area contributed by atoms with Crippen LogP contribution in [0.3, 0.4) is 0 Å². The minimum Gasteiger partial charge on any atom is -0.256 e. The van der Waals surface area contributed by atoms with Gasteiger partial charge in [0.2, 0.25) is 11.9 Å². The fourth-order valence-corrected chi connectivity index (χ4v) is 1.41. The van der Waals surface area contributed by atoms with Crippen molar-refractivity contribution in [1.29, 1.82) is 0 Å². The molecule has 0 unspecified atom stereocenters. The zero-order valence-corrected chi connectivity index (χ0v) is 8.04. The average Bonchev–Trinajstić information content (AvgIpc) is 2.17. The minimum atomic E-state index is -0.828. The first kappa shape index (κ1) is 9.71. The molecule has 0 atom stereocenters. The lowest BCUT2D eigenvalue weighted by Gasteiger charge is -2.05. The topological polar surface area (TPSA) is 25.8 Å². The molecule has 2 heterocycles. The number of nitrogens with zero attached hydrogens (tertiary/aromatic N) is 2. The van der Waals surface area contributed by atoms with Crippen molar-refractivity contribution in [2.75, 3.05) is 0 Å². The molecule has 76 valence electrons. The van der Waals surface area contributed by atoms with E-state index in [9.17, 15) is 8.78 Å². The van der Waals surface area contributed by atoms with E-state index in [1.807, 2.05) is 0 Å². The zero-order chi connectivity index (χ0) is 10.8. The molecular formula is C11H8F2N2. The number of hydrogen-bond acceptors (Lipinski definition) is 2. The third-order valence-corrected chi connectivity index (χ3v) is 2.06. The third kappa shape index (κ3) is 1.83. The zero-order valence-electron chi connectivity index (χ0n) is 8.04. The number of rotatable bonds is 1. The smallest absolute Gasteiger partial charge is 0.225 e. The lowest BCUT2D eigenvalue weighted by molar-refractivity contribution is 0.513. The molecule has 0 amide bonds. The van der Waals surface area contributed by atoms with E-state index in [1.165, 1.54) is 6.07 Å². The quantitative estimate of drug-likeness (QED) is 0.670. The maximum atomic E-state index is 13.4. The van der Waals surface area contributed by atoms with Crippen LogP contribution in [-0.2, 0) is 0 Å². The van der Waals surface area contributed by atoms with E-state index in [0.717, 1.165) is 0 Å². The van der Waals surface area contributed by atoms with Gasteiger partial charge in [-0.2, -0.15) is 13.8 Å². The van der Waals surface area contributed by atoms with Crippen LogP contribution in [0.15, 0.2) is 30.5 Å². The van der Waals surface area contributed by atoms with E-state index in [2.05, 4.69) is 9.97 Å². The summed E-state index contributed by atoms with van der Waals surface area (Å²) in [5.41, 5.74) is 1.19. The Morgan fingerprint density at radius 3 is 2.60 bits per heavy atom. The number of aromatic nitrogens is 2. The Kier molecular flexibility index (Phi) is 2.41. The van der Waals surface area contributed by atoms with Crippen LogP contribution in [0.4, 0.5) is 8.78 Å². The molecule has 15 heavy (non-hydrogen) atoms. The molecule has 0 aliphatic carbocycles. The second kappa shape index (κ2) is 3.73. The normalized spacial score (nSPS) is 10.3. The van der Waals surface area contributed by atoms with Crippen molar-refractivity contribution in [3.8, 4) is 11.3 Å². The molecule has 0 bridgehead atoms. The second-order valence-corrected chi connectivity index (χ2v) is 3.14. The van der Waals surface area contributed by atoms with Crippen molar-refractivity contribution in [1.82, 2.24) is 9.97 Å². The Hall–Kier alpha value is -1.84. The first-order valence-corrected chi connectivity index (χ1v) is 4.42. The number of pyridine rings is 2. The summed E-state index contributed by atoms with van der Waals surface area (Å²) in [4.78, 5) is 7.14. The van der Waals surface area contributed by atoms with Crippen molar-refractivity contribution in [3.63, 3.8) is 0 Å². The molecule has 0 N–H and O–H groups in total. The summed E-state index contributed by atoms with van der Waals surface area (Å²) in [6.45, 7) is 1.62. The van der Waals surface area contributed by atoms with Crippen molar-refractivity contribution in [2.45, 2.75) is 6.92 Å². The Morgan fingerprint density at radius 2 is 2.00 bits per heavy atom. The lowest BCUT2D eigenvalue weighted by Crippen LogP contribution is -1.97. The number of hydrogen-bond donors (Lipinski definition) is 0. The van der Waals surface area contributed by atoms with Crippen LogP contribution in [0.25, 0.3) is 11.3 Å². The number of halogens is 2. The molecule has 4 heteroatoms.